The van der Waals surface area contributed by atoms with Crippen LogP contribution in [0, 0.1) is 5.82 Å². The van der Waals surface area contributed by atoms with E-state index < -0.39 is 11.8 Å². The molecule has 7 nitrogen and oxygen atoms in total. The van der Waals surface area contributed by atoms with E-state index in [4.69, 9.17) is 9.57 Å². The Kier molecular flexibility index (Phi) is 7.11. The summed E-state index contributed by atoms with van der Waals surface area (Å²) in [6, 6.07) is 12.6. The number of ether oxygens (including phenoxy) is 1. The summed E-state index contributed by atoms with van der Waals surface area (Å²) in [5.74, 6) is -0.662. The lowest BCUT2D eigenvalue weighted by molar-refractivity contribution is -0.131. The number of oxime groups is 1. The Bertz CT molecular complexity index is 761. The number of hydrogen-bond donors (Lipinski definition) is 2. The minimum atomic E-state index is -0.565. The van der Waals surface area contributed by atoms with E-state index in [0.29, 0.717) is 5.56 Å². The summed E-state index contributed by atoms with van der Waals surface area (Å²) in [4.78, 5) is 28.1. The molecule has 0 unspecified atom stereocenters. The van der Waals surface area contributed by atoms with Gasteiger partial charge in [-0.25, -0.2) is 4.39 Å². The van der Waals surface area contributed by atoms with Gasteiger partial charge in [-0.05, 0) is 47.5 Å². The zero-order valence-electron chi connectivity index (χ0n) is 14.1. The molecule has 0 aromatic heterocycles. The van der Waals surface area contributed by atoms with Crippen LogP contribution in [0.1, 0.15) is 11.1 Å². The highest BCUT2D eigenvalue weighted by Crippen LogP contribution is 2.09. The van der Waals surface area contributed by atoms with Gasteiger partial charge in [-0.1, -0.05) is 17.3 Å². The van der Waals surface area contributed by atoms with Crippen molar-refractivity contribution in [2.24, 2.45) is 5.16 Å². The van der Waals surface area contributed by atoms with Crippen LogP contribution < -0.4 is 15.6 Å². The van der Waals surface area contributed by atoms with E-state index in [2.05, 4.69) is 16.0 Å². The smallest absolute Gasteiger partial charge is 0.279 e. The van der Waals surface area contributed by atoms with Gasteiger partial charge in [0.25, 0.3) is 5.91 Å². The highest BCUT2D eigenvalue weighted by Gasteiger charge is 2.06. The van der Waals surface area contributed by atoms with Crippen LogP contribution in [0.5, 0.6) is 5.75 Å². The van der Waals surface area contributed by atoms with Gasteiger partial charge in [-0.15, -0.1) is 0 Å². The second kappa shape index (κ2) is 9.77. The summed E-state index contributed by atoms with van der Waals surface area (Å²) in [5, 5.41) is 3.67. The third-order valence-electron chi connectivity index (χ3n) is 3.21. The van der Waals surface area contributed by atoms with Crippen LogP contribution >= 0.6 is 0 Å². The van der Waals surface area contributed by atoms with Crippen molar-refractivity contribution in [2.75, 3.05) is 13.7 Å². The molecule has 0 saturated heterocycles. The Morgan fingerprint density at radius 3 is 2.35 bits per heavy atom. The molecule has 0 spiro atoms. The van der Waals surface area contributed by atoms with Crippen molar-refractivity contribution in [2.45, 2.75) is 6.42 Å². The highest BCUT2D eigenvalue weighted by atomic mass is 19.1. The van der Waals surface area contributed by atoms with Gasteiger partial charge in [0.1, 0.15) is 11.6 Å². The number of halogens is 1. The maximum absolute atomic E-state index is 12.8. The summed E-state index contributed by atoms with van der Waals surface area (Å²) in [6.45, 7) is -0.358. The predicted molar refractivity (Wildman–Crippen MR) is 92.9 cm³/mol. The van der Waals surface area contributed by atoms with Gasteiger partial charge in [0.05, 0.1) is 19.7 Å². The summed E-state index contributed by atoms with van der Waals surface area (Å²) < 4.78 is 17.8. The summed E-state index contributed by atoms with van der Waals surface area (Å²) in [7, 11) is 1.57. The van der Waals surface area contributed by atoms with E-state index in [1.54, 1.807) is 31.4 Å². The maximum Gasteiger partial charge on any atom is 0.279 e. The molecular formula is C18H18FN3O4. The van der Waals surface area contributed by atoms with Crippen LogP contribution in [0.25, 0.3) is 0 Å². The molecule has 26 heavy (non-hydrogen) atoms. The van der Waals surface area contributed by atoms with E-state index in [9.17, 15) is 14.0 Å². The van der Waals surface area contributed by atoms with Gasteiger partial charge in [0.2, 0.25) is 5.91 Å². The van der Waals surface area contributed by atoms with Gasteiger partial charge in [0.15, 0.2) is 6.61 Å². The van der Waals surface area contributed by atoms with Crippen LogP contribution in [0.15, 0.2) is 53.7 Å². The molecule has 0 radical (unpaired) electrons. The highest BCUT2D eigenvalue weighted by molar-refractivity contribution is 5.84. The second-order valence-electron chi connectivity index (χ2n) is 5.18. The van der Waals surface area contributed by atoms with Crippen LogP contribution in [0.3, 0.4) is 0 Å². The largest absolute Gasteiger partial charge is 0.497 e. The quantitative estimate of drug-likeness (QED) is 0.580. The first-order chi connectivity index (χ1) is 12.6. The first-order valence-electron chi connectivity index (χ1n) is 7.68. The number of carbonyl (C=O) groups is 2. The number of amides is 2. The van der Waals surface area contributed by atoms with Crippen LogP contribution in [0.2, 0.25) is 0 Å². The van der Waals surface area contributed by atoms with Gasteiger partial charge < -0.3 is 9.57 Å². The molecular weight excluding hydrogens is 341 g/mol. The average Bonchev–Trinajstić information content (AvgIpc) is 2.66. The van der Waals surface area contributed by atoms with Crippen molar-refractivity contribution in [1.82, 2.24) is 10.9 Å². The third-order valence-corrected chi connectivity index (χ3v) is 3.21. The molecule has 2 aromatic carbocycles. The molecule has 136 valence electrons. The molecule has 0 fully saturated rings. The number of hydrazine groups is 1. The van der Waals surface area contributed by atoms with E-state index in [0.717, 1.165) is 11.3 Å². The van der Waals surface area contributed by atoms with E-state index in [1.807, 2.05) is 0 Å². The van der Waals surface area contributed by atoms with Crippen molar-refractivity contribution in [3.8, 4) is 5.75 Å². The van der Waals surface area contributed by atoms with Crippen LogP contribution in [0.4, 0.5) is 4.39 Å². The zero-order valence-corrected chi connectivity index (χ0v) is 14.1. The number of carbonyl (C=O) groups excluding carboxylic acids is 2. The van der Waals surface area contributed by atoms with Crippen molar-refractivity contribution in [1.29, 1.82) is 0 Å². The molecule has 0 heterocycles. The first-order valence-corrected chi connectivity index (χ1v) is 7.68. The number of rotatable bonds is 7. The number of nitrogens with one attached hydrogen (secondary N) is 2. The Morgan fingerprint density at radius 2 is 1.69 bits per heavy atom. The minimum Gasteiger partial charge on any atom is -0.497 e. The van der Waals surface area contributed by atoms with Crippen molar-refractivity contribution >= 4 is 18.0 Å². The predicted octanol–water partition coefficient (Wildman–Crippen LogP) is 1.57. The molecule has 0 aliphatic heterocycles. The summed E-state index contributed by atoms with van der Waals surface area (Å²) in [6.07, 6.45) is 1.46. The minimum absolute atomic E-state index is 0.0110. The fourth-order valence-electron chi connectivity index (χ4n) is 1.89. The molecule has 2 aromatic rings. The Balaban J connectivity index is 1.65. The van der Waals surface area contributed by atoms with Crippen molar-refractivity contribution < 1.29 is 23.6 Å². The SMILES string of the molecule is COc1ccc(/C=N\OCC(=O)NNC(=O)Cc2ccc(F)cc2)cc1. The molecule has 0 aliphatic carbocycles. The fourth-order valence-corrected chi connectivity index (χ4v) is 1.89. The number of nitrogens with zero attached hydrogens (tertiary/aromatic N) is 1. The summed E-state index contributed by atoms with van der Waals surface area (Å²) >= 11 is 0. The number of hydrogen-bond acceptors (Lipinski definition) is 5. The molecule has 0 saturated carbocycles. The Hall–Kier alpha value is -3.42. The van der Waals surface area contributed by atoms with Gasteiger partial charge >= 0.3 is 0 Å². The molecule has 2 N–H and O–H groups in total. The standard InChI is InChI=1S/C18H18FN3O4/c1-25-16-8-4-14(5-9-16)11-20-26-12-18(24)22-21-17(23)10-13-2-6-15(19)7-3-13/h2-9,11H,10,12H2,1H3,(H,21,23)(H,22,24)/b20-11-. The molecule has 8 heteroatoms. The Morgan fingerprint density at radius 1 is 1.04 bits per heavy atom. The van der Waals surface area contributed by atoms with Crippen molar-refractivity contribution in [3.05, 3.63) is 65.5 Å². The average molecular weight is 359 g/mol. The lowest BCUT2D eigenvalue weighted by Crippen LogP contribution is -2.43. The molecule has 2 amide bonds. The first kappa shape index (κ1) is 18.9. The van der Waals surface area contributed by atoms with Gasteiger partial charge in [-0.3, -0.25) is 20.4 Å². The van der Waals surface area contributed by atoms with E-state index in [-0.39, 0.29) is 18.8 Å². The maximum atomic E-state index is 12.8. The third kappa shape index (κ3) is 6.60. The molecule has 2 rings (SSSR count). The van der Waals surface area contributed by atoms with Gasteiger partial charge in [0, 0.05) is 0 Å². The van der Waals surface area contributed by atoms with E-state index in [1.165, 1.54) is 30.5 Å². The lowest BCUT2D eigenvalue weighted by Gasteiger charge is -2.06. The van der Waals surface area contributed by atoms with Gasteiger partial charge in [-0.2, -0.15) is 0 Å². The molecule has 0 aliphatic rings. The monoisotopic (exact) mass is 359 g/mol. The molecule has 0 bridgehead atoms. The normalized spacial score (nSPS) is 10.4. The topological polar surface area (TPSA) is 89.0 Å². The zero-order chi connectivity index (χ0) is 18.8. The molecule has 0 atom stereocenters. The fraction of sp³-hybridized carbons (Fsp3) is 0.167. The van der Waals surface area contributed by atoms with Crippen molar-refractivity contribution in [3.63, 3.8) is 0 Å². The lowest BCUT2D eigenvalue weighted by atomic mass is 10.1. The number of methoxy groups -OCH3 is 1. The number of benzene rings is 2. The second-order valence-corrected chi connectivity index (χ2v) is 5.18. The summed E-state index contributed by atoms with van der Waals surface area (Å²) in [5.41, 5.74) is 5.84. The van der Waals surface area contributed by atoms with E-state index >= 15 is 0 Å². The van der Waals surface area contributed by atoms with Crippen LogP contribution in [-0.2, 0) is 20.8 Å². The Labute approximate surface area is 149 Å². The van der Waals surface area contributed by atoms with Crippen LogP contribution in [-0.4, -0.2) is 31.7 Å².